The molecule has 1 aromatic carbocycles. The van der Waals surface area contributed by atoms with Crippen LogP contribution in [0.3, 0.4) is 0 Å². The first-order chi connectivity index (χ1) is 13.9. The molecular weight excluding hydrogens is 446 g/mol. The summed E-state index contributed by atoms with van der Waals surface area (Å²) in [5.74, 6) is -0.462. The number of carbonyl (C=O) groups is 3. The van der Waals surface area contributed by atoms with Crippen LogP contribution in [0, 0.1) is 11.3 Å². The lowest BCUT2D eigenvalue weighted by molar-refractivity contribution is -0.123. The largest absolute Gasteiger partial charge is 0.478 e. The Morgan fingerprint density at radius 2 is 2.14 bits per heavy atom. The van der Waals surface area contributed by atoms with Crippen LogP contribution in [0.25, 0.3) is 6.08 Å². The van der Waals surface area contributed by atoms with E-state index in [1.165, 1.54) is 25.3 Å². The van der Waals surface area contributed by atoms with Gasteiger partial charge in [0.2, 0.25) is 5.76 Å². The van der Waals surface area contributed by atoms with Gasteiger partial charge in [-0.2, -0.15) is 5.26 Å². The average Bonchev–Trinajstić information content (AvgIpc) is 3.27. The normalized spacial score (nSPS) is 14.7. The van der Waals surface area contributed by atoms with Gasteiger partial charge in [0.1, 0.15) is 23.3 Å². The van der Waals surface area contributed by atoms with E-state index in [0.29, 0.717) is 15.8 Å². The molecule has 2 aromatic rings. The lowest BCUT2D eigenvalue weighted by atomic mass is 10.2. The highest BCUT2D eigenvalue weighted by molar-refractivity contribution is 9.10. The smallest absolute Gasteiger partial charge is 0.373 e. The van der Waals surface area contributed by atoms with Crippen LogP contribution >= 0.6 is 15.9 Å². The lowest BCUT2D eigenvalue weighted by Crippen LogP contribution is -2.30. The van der Waals surface area contributed by atoms with Crippen LogP contribution in [-0.2, 0) is 16.1 Å². The molecule has 0 unspecified atom stereocenters. The number of nitrogens with zero attached hydrogens (tertiary/aromatic N) is 2. The quantitative estimate of drug-likeness (QED) is 0.400. The zero-order chi connectivity index (χ0) is 21.0. The Balaban J connectivity index is 1.74. The Bertz CT molecular complexity index is 1050. The number of ether oxygens (including phenoxy) is 2. The van der Waals surface area contributed by atoms with Crippen LogP contribution in [0.5, 0.6) is 5.75 Å². The van der Waals surface area contributed by atoms with E-state index in [1.807, 2.05) is 6.07 Å². The van der Waals surface area contributed by atoms with Crippen molar-refractivity contribution >= 4 is 39.9 Å². The molecule has 0 aliphatic carbocycles. The summed E-state index contributed by atoms with van der Waals surface area (Å²) in [6.07, 6.45) is 1.51. The van der Waals surface area contributed by atoms with Gasteiger partial charge in [0.05, 0.1) is 18.1 Å². The number of nitrogens with one attached hydrogen (secondary N) is 1. The van der Waals surface area contributed by atoms with E-state index in [2.05, 4.69) is 26.0 Å². The Kier molecular flexibility index (Phi) is 5.99. The number of hydrogen-bond donors (Lipinski definition) is 1. The number of carbonyl (C=O) groups excluding carboxylic acids is 3. The number of methoxy groups -OCH3 is 1. The number of rotatable bonds is 6. The molecule has 0 spiro atoms. The van der Waals surface area contributed by atoms with E-state index in [9.17, 15) is 14.4 Å². The summed E-state index contributed by atoms with van der Waals surface area (Å²) < 4.78 is 15.7. The third-order valence-electron chi connectivity index (χ3n) is 3.88. The predicted molar refractivity (Wildman–Crippen MR) is 102 cm³/mol. The van der Waals surface area contributed by atoms with Crippen LogP contribution in [-0.4, -0.2) is 36.5 Å². The summed E-state index contributed by atoms with van der Waals surface area (Å²) in [5.41, 5.74) is 0.727. The van der Waals surface area contributed by atoms with E-state index in [0.717, 1.165) is 4.90 Å². The molecule has 0 atom stereocenters. The molecule has 29 heavy (non-hydrogen) atoms. The Labute approximate surface area is 173 Å². The zero-order valence-corrected chi connectivity index (χ0v) is 16.7. The molecule has 0 radical (unpaired) electrons. The highest BCUT2D eigenvalue weighted by Gasteiger charge is 2.34. The molecule has 9 nitrogen and oxygen atoms in total. The van der Waals surface area contributed by atoms with E-state index in [4.69, 9.17) is 14.4 Å². The highest BCUT2D eigenvalue weighted by Crippen LogP contribution is 2.27. The minimum Gasteiger partial charge on any atom is -0.478 e. The SMILES string of the molecule is COC(=O)c1ccc(CN2C(=O)N/C(=C\c3ccc(OCC#N)c(Br)c3)C2=O)o1. The molecular formula is C19H14BrN3O6. The van der Waals surface area contributed by atoms with Gasteiger partial charge in [-0.3, -0.25) is 9.69 Å². The van der Waals surface area contributed by atoms with Gasteiger partial charge in [0.15, 0.2) is 6.61 Å². The first-order valence-corrected chi connectivity index (χ1v) is 9.03. The van der Waals surface area contributed by atoms with Crippen LogP contribution in [0.2, 0.25) is 0 Å². The predicted octanol–water partition coefficient (Wildman–Crippen LogP) is 2.82. The molecule has 10 heteroatoms. The number of nitriles is 1. The van der Waals surface area contributed by atoms with Crippen molar-refractivity contribution in [1.82, 2.24) is 10.2 Å². The number of amides is 3. The molecule has 2 heterocycles. The number of esters is 1. The van der Waals surface area contributed by atoms with Gasteiger partial charge in [0, 0.05) is 0 Å². The maximum atomic E-state index is 12.6. The van der Waals surface area contributed by atoms with Crippen molar-refractivity contribution in [3.8, 4) is 11.8 Å². The van der Waals surface area contributed by atoms with Crippen molar-refractivity contribution in [1.29, 1.82) is 5.26 Å². The number of imide groups is 1. The van der Waals surface area contributed by atoms with Gasteiger partial charge in [-0.25, -0.2) is 9.59 Å². The van der Waals surface area contributed by atoms with Crippen molar-refractivity contribution in [2.24, 2.45) is 0 Å². The fraction of sp³-hybridized carbons (Fsp3) is 0.158. The second-order valence-corrected chi connectivity index (χ2v) is 6.63. The standard InChI is InChI=1S/C19H14BrN3O6/c1-27-18(25)16-5-3-12(29-16)10-23-17(24)14(22-19(23)26)9-11-2-4-15(13(20)8-11)28-7-6-21/h2-5,8-9H,7,10H2,1H3,(H,22,26)/b14-9-. The summed E-state index contributed by atoms with van der Waals surface area (Å²) >= 11 is 3.33. The minimum absolute atomic E-state index is 0.0196. The van der Waals surface area contributed by atoms with Gasteiger partial charge < -0.3 is 19.2 Å². The minimum atomic E-state index is -0.651. The second-order valence-electron chi connectivity index (χ2n) is 5.77. The number of urea groups is 1. The zero-order valence-electron chi connectivity index (χ0n) is 15.1. The van der Waals surface area contributed by atoms with Crippen molar-refractivity contribution in [2.45, 2.75) is 6.54 Å². The topological polar surface area (TPSA) is 122 Å². The number of halogens is 1. The summed E-state index contributed by atoms with van der Waals surface area (Å²) in [5, 5.41) is 11.1. The molecule has 1 aromatic heterocycles. The van der Waals surface area contributed by atoms with Gasteiger partial charge >= 0.3 is 12.0 Å². The van der Waals surface area contributed by atoms with E-state index in [-0.39, 0.29) is 30.4 Å². The molecule has 1 fully saturated rings. The van der Waals surface area contributed by atoms with Crippen molar-refractivity contribution in [2.75, 3.05) is 13.7 Å². The first kappa shape index (κ1) is 20.2. The maximum absolute atomic E-state index is 12.6. The summed E-state index contributed by atoms with van der Waals surface area (Å²) in [6.45, 7) is -0.226. The third-order valence-corrected chi connectivity index (χ3v) is 4.50. The monoisotopic (exact) mass is 459 g/mol. The molecule has 1 aliphatic rings. The molecule has 3 amide bonds. The average molecular weight is 460 g/mol. The Morgan fingerprint density at radius 3 is 2.83 bits per heavy atom. The molecule has 1 N–H and O–H groups in total. The van der Waals surface area contributed by atoms with Gasteiger partial charge in [0.25, 0.3) is 5.91 Å². The third kappa shape index (κ3) is 4.47. The van der Waals surface area contributed by atoms with Gasteiger partial charge in [-0.05, 0) is 51.8 Å². The van der Waals surface area contributed by atoms with E-state index >= 15 is 0 Å². The van der Waals surface area contributed by atoms with Crippen LogP contribution in [0.1, 0.15) is 21.9 Å². The number of hydrogen-bond acceptors (Lipinski definition) is 7. The molecule has 1 aliphatic heterocycles. The van der Waals surface area contributed by atoms with Crippen molar-refractivity contribution in [3.05, 3.63) is 57.6 Å². The van der Waals surface area contributed by atoms with Crippen LogP contribution in [0.4, 0.5) is 4.79 Å². The highest BCUT2D eigenvalue weighted by atomic mass is 79.9. The van der Waals surface area contributed by atoms with Gasteiger partial charge in [-0.15, -0.1) is 0 Å². The molecule has 0 bridgehead atoms. The summed E-state index contributed by atoms with van der Waals surface area (Å²) in [7, 11) is 1.22. The second kappa shape index (κ2) is 8.62. The fourth-order valence-electron chi connectivity index (χ4n) is 2.54. The van der Waals surface area contributed by atoms with Crippen molar-refractivity contribution < 1.29 is 28.3 Å². The first-order valence-electron chi connectivity index (χ1n) is 8.23. The summed E-state index contributed by atoms with van der Waals surface area (Å²) in [4.78, 5) is 37.2. The van der Waals surface area contributed by atoms with Crippen LogP contribution < -0.4 is 10.1 Å². The molecule has 0 saturated carbocycles. The lowest BCUT2D eigenvalue weighted by Gasteiger charge is -2.09. The number of furan rings is 1. The van der Waals surface area contributed by atoms with Gasteiger partial charge in [-0.1, -0.05) is 6.07 Å². The summed E-state index contributed by atoms with van der Waals surface area (Å²) in [6, 6.07) is 9.19. The molecule has 148 valence electrons. The maximum Gasteiger partial charge on any atom is 0.373 e. The Morgan fingerprint density at radius 1 is 1.34 bits per heavy atom. The van der Waals surface area contributed by atoms with Crippen LogP contribution in [0.15, 0.2) is 44.9 Å². The fourth-order valence-corrected chi connectivity index (χ4v) is 3.06. The van der Waals surface area contributed by atoms with E-state index in [1.54, 1.807) is 18.2 Å². The Hall–Kier alpha value is -3.58. The molecule has 3 rings (SSSR count). The van der Waals surface area contributed by atoms with E-state index < -0.39 is 17.9 Å². The molecule has 1 saturated heterocycles. The van der Waals surface area contributed by atoms with Crippen molar-refractivity contribution in [3.63, 3.8) is 0 Å². The number of benzene rings is 1.